The Labute approximate surface area is 194 Å². The molecule has 33 heavy (non-hydrogen) atoms. The third-order valence-corrected chi connectivity index (χ3v) is 5.93. The number of hydrogen-bond acceptors (Lipinski definition) is 9. The maximum Gasteiger partial charge on any atom is 0.200 e. The number of ketones is 1. The van der Waals surface area contributed by atoms with Crippen LogP contribution in [0.4, 0.5) is 0 Å². The van der Waals surface area contributed by atoms with Crippen molar-refractivity contribution in [2.45, 2.75) is 63.9 Å². The quantitative estimate of drug-likeness (QED) is 0.143. The van der Waals surface area contributed by atoms with E-state index in [1.807, 2.05) is 0 Å². The van der Waals surface area contributed by atoms with Crippen LogP contribution < -0.4 is 10.1 Å². The maximum atomic E-state index is 13.1. The number of allylic oxidation sites excluding steroid dienone is 1. The molecule has 0 saturated carbocycles. The SMILES string of the molecule is C=C(C(=O)c1c(CO)cccc1OC)/C(O)=C(\C)[C@H](CCO)OC1CC(NC)C(O)C(C)O1. The Balaban J connectivity index is 2.30. The van der Waals surface area contributed by atoms with Crippen molar-refractivity contribution in [1.29, 1.82) is 0 Å². The molecule has 0 bridgehead atoms. The summed E-state index contributed by atoms with van der Waals surface area (Å²) in [5.41, 5.74) is 0.558. The van der Waals surface area contributed by atoms with Crippen molar-refractivity contribution in [3.05, 3.63) is 52.8 Å². The minimum Gasteiger partial charge on any atom is -0.507 e. The number of carbonyl (C=O) groups is 1. The van der Waals surface area contributed by atoms with Crippen LogP contribution in [0.3, 0.4) is 0 Å². The summed E-state index contributed by atoms with van der Waals surface area (Å²) in [5.74, 6) is -0.720. The van der Waals surface area contributed by atoms with Crippen LogP contribution in [0.15, 0.2) is 41.7 Å². The molecule has 1 aliphatic heterocycles. The molecule has 0 spiro atoms. The van der Waals surface area contributed by atoms with Gasteiger partial charge in [0.1, 0.15) is 11.5 Å². The van der Waals surface area contributed by atoms with Gasteiger partial charge in [-0.2, -0.15) is 0 Å². The first-order valence-corrected chi connectivity index (χ1v) is 10.9. The van der Waals surface area contributed by atoms with E-state index in [0.29, 0.717) is 17.6 Å². The van der Waals surface area contributed by atoms with E-state index in [2.05, 4.69) is 11.9 Å². The molecule has 0 amide bonds. The van der Waals surface area contributed by atoms with Crippen molar-refractivity contribution in [2.24, 2.45) is 0 Å². The van der Waals surface area contributed by atoms with Crippen LogP contribution in [-0.4, -0.2) is 77.6 Å². The van der Waals surface area contributed by atoms with Crippen LogP contribution in [0.25, 0.3) is 0 Å². The molecule has 1 fully saturated rings. The van der Waals surface area contributed by atoms with E-state index < -0.39 is 30.4 Å². The number of nitrogens with one attached hydrogen (secondary N) is 1. The molecule has 0 aromatic heterocycles. The van der Waals surface area contributed by atoms with Crippen LogP contribution in [0.5, 0.6) is 5.75 Å². The minimum absolute atomic E-state index is 0.113. The van der Waals surface area contributed by atoms with Gasteiger partial charge in [-0.25, -0.2) is 0 Å². The molecule has 1 saturated heterocycles. The molecular formula is C24H35NO8. The largest absolute Gasteiger partial charge is 0.507 e. The normalized spacial score (nSPS) is 24.7. The molecule has 0 radical (unpaired) electrons. The molecule has 1 aromatic rings. The third kappa shape index (κ3) is 6.20. The number of likely N-dealkylation sites (N-methyl/N-ethyl adjacent to an activating group) is 1. The average Bonchev–Trinajstić information content (AvgIpc) is 2.83. The molecule has 9 heteroatoms. The number of methoxy groups -OCH3 is 1. The summed E-state index contributed by atoms with van der Waals surface area (Å²) < 4.78 is 17.0. The Morgan fingerprint density at radius 3 is 2.64 bits per heavy atom. The van der Waals surface area contributed by atoms with Gasteiger partial charge >= 0.3 is 0 Å². The second kappa shape index (κ2) is 12.3. The van der Waals surface area contributed by atoms with E-state index in [1.54, 1.807) is 39.1 Å². The second-order valence-corrected chi connectivity index (χ2v) is 8.02. The molecule has 4 unspecified atom stereocenters. The molecule has 9 nitrogen and oxygen atoms in total. The highest BCUT2D eigenvalue weighted by Gasteiger charge is 2.36. The van der Waals surface area contributed by atoms with E-state index in [9.17, 15) is 25.2 Å². The van der Waals surface area contributed by atoms with Gasteiger partial charge in [0.25, 0.3) is 0 Å². The van der Waals surface area contributed by atoms with Gasteiger partial charge in [0.2, 0.25) is 0 Å². The monoisotopic (exact) mass is 465 g/mol. The lowest BCUT2D eigenvalue weighted by molar-refractivity contribution is -0.237. The van der Waals surface area contributed by atoms with Crippen LogP contribution in [0, 0.1) is 0 Å². The standard InChI is InChI=1S/C24H35NO8/c1-13(18(9-10-26)33-20-11-17(25-4)24(30)15(3)32-20)22(28)14(2)23(29)21-16(12-27)7-6-8-19(21)31-5/h6-8,15,17-18,20,24-28,30H,2,9-12H2,1,3-5H3/b22-13-/t15?,17?,18-,20?,24?/m0/s1. The fourth-order valence-corrected chi connectivity index (χ4v) is 3.90. The summed E-state index contributed by atoms with van der Waals surface area (Å²) >= 11 is 0. The Morgan fingerprint density at radius 2 is 2.06 bits per heavy atom. The highest BCUT2D eigenvalue weighted by Crippen LogP contribution is 2.30. The highest BCUT2D eigenvalue weighted by atomic mass is 16.7. The Bertz CT molecular complexity index is 846. The lowest BCUT2D eigenvalue weighted by Gasteiger charge is -2.39. The fourth-order valence-electron chi connectivity index (χ4n) is 3.90. The van der Waals surface area contributed by atoms with Gasteiger partial charge in [0.15, 0.2) is 12.1 Å². The molecule has 5 N–H and O–H groups in total. The van der Waals surface area contributed by atoms with Crippen molar-refractivity contribution in [2.75, 3.05) is 20.8 Å². The lowest BCUT2D eigenvalue weighted by Crippen LogP contribution is -2.53. The van der Waals surface area contributed by atoms with Crippen molar-refractivity contribution in [3.8, 4) is 5.75 Å². The Kier molecular flexibility index (Phi) is 10.0. The van der Waals surface area contributed by atoms with Gasteiger partial charge in [-0.1, -0.05) is 18.7 Å². The number of carbonyl (C=O) groups excluding carboxylic acids is 1. The number of rotatable bonds is 11. The summed E-state index contributed by atoms with van der Waals surface area (Å²) in [5, 5.41) is 43.3. The molecule has 0 aliphatic carbocycles. The molecule has 184 valence electrons. The molecular weight excluding hydrogens is 430 g/mol. The molecule has 5 atom stereocenters. The van der Waals surface area contributed by atoms with Crippen LogP contribution >= 0.6 is 0 Å². The number of aliphatic hydroxyl groups is 4. The van der Waals surface area contributed by atoms with Crippen molar-refractivity contribution >= 4 is 5.78 Å². The zero-order valence-corrected chi connectivity index (χ0v) is 19.6. The van der Waals surface area contributed by atoms with Crippen molar-refractivity contribution in [1.82, 2.24) is 5.32 Å². The van der Waals surface area contributed by atoms with Crippen molar-refractivity contribution in [3.63, 3.8) is 0 Å². The number of aliphatic hydroxyl groups excluding tert-OH is 4. The molecule has 1 aliphatic rings. The Morgan fingerprint density at radius 1 is 1.36 bits per heavy atom. The van der Waals surface area contributed by atoms with Gasteiger partial charge in [-0.15, -0.1) is 0 Å². The number of hydrogen-bond donors (Lipinski definition) is 5. The second-order valence-electron chi connectivity index (χ2n) is 8.02. The van der Waals surface area contributed by atoms with Gasteiger partial charge in [-0.3, -0.25) is 4.79 Å². The smallest absolute Gasteiger partial charge is 0.200 e. The van der Waals surface area contributed by atoms with E-state index in [0.717, 1.165) is 0 Å². The maximum absolute atomic E-state index is 13.1. The van der Waals surface area contributed by atoms with E-state index >= 15 is 0 Å². The summed E-state index contributed by atoms with van der Waals surface area (Å²) in [6, 6.07) is 4.57. The molecule has 2 rings (SSSR count). The zero-order chi connectivity index (χ0) is 24.7. The highest BCUT2D eigenvalue weighted by molar-refractivity contribution is 6.13. The summed E-state index contributed by atoms with van der Waals surface area (Å²) in [6.45, 7) is 6.46. The number of ether oxygens (including phenoxy) is 3. The number of benzene rings is 1. The minimum atomic E-state index is -0.764. The summed E-state index contributed by atoms with van der Waals surface area (Å²) in [6.07, 6.45) is -2.13. The number of Topliss-reactive ketones (excluding diaryl/α,β-unsaturated/α-hetero) is 1. The summed E-state index contributed by atoms with van der Waals surface area (Å²) in [4.78, 5) is 13.1. The first-order chi connectivity index (χ1) is 15.7. The first-order valence-electron chi connectivity index (χ1n) is 10.9. The lowest BCUT2D eigenvalue weighted by atomic mass is 9.94. The van der Waals surface area contributed by atoms with E-state index in [-0.39, 0.29) is 48.3 Å². The average molecular weight is 466 g/mol. The molecule has 1 heterocycles. The van der Waals surface area contributed by atoms with Crippen LogP contribution in [-0.2, 0) is 16.1 Å². The fraction of sp³-hybridized carbons (Fsp3) is 0.542. The van der Waals surface area contributed by atoms with Crippen LogP contribution in [0.1, 0.15) is 42.6 Å². The molecule has 1 aromatic carbocycles. The predicted molar refractivity (Wildman–Crippen MR) is 122 cm³/mol. The van der Waals surface area contributed by atoms with Crippen molar-refractivity contribution < 1.29 is 39.4 Å². The van der Waals surface area contributed by atoms with Gasteiger partial charge in [-0.05, 0) is 38.1 Å². The summed E-state index contributed by atoms with van der Waals surface area (Å²) in [7, 11) is 3.14. The Hall–Kier alpha value is -2.27. The predicted octanol–water partition coefficient (Wildman–Crippen LogP) is 1.61. The first kappa shape index (κ1) is 27.0. The van der Waals surface area contributed by atoms with E-state index in [4.69, 9.17) is 14.2 Å². The van der Waals surface area contributed by atoms with Gasteiger partial charge in [0.05, 0.1) is 43.2 Å². The zero-order valence-electron chi connectivity index (χ0n) is 19.6. The van der Waals surface area contributed by atoms with E-state index in [1.165, 1.54) is 7.11 Å². The topological polar surface area (TPSA) is 138 Å². The van der Waals surface area contributed by atoms with Gasteiger partial charge < -0.3 is 40.0 Å². The third-order valence-electron chi connectivity index (χ3n) is 5.93. The van der Waals surface area contributed by atoms with Crippen LogP contribution in [0.2, 0.25) is 0 Å². The van der Waals surface area contributed by atoms with Gasteiger partial charge in [0, 0.05) is 25.5 Å².